The van der Waals surface area contributed by atoms with E-state index in [0.29, 0.717) is 16.7 Å². The SMILES string of the molecule is CC.COC(=O)c1cccc(C#N)c1C. The average molecular weight is 205 g/mol. The number of carbonyl (C=O) groups excluding carboxylic acids is 1. The standard InChI is InChI=1S/C10H9NO2.C2H6/c1-7-8(6-11)4-3-5-9(7)10(12)13-2;1-2/h3-5H,1-2H3;1-2H3. The zero-order valence-electron chi connectivity index (χ0n) is 9.50. The zero-order chi connectivity index (χ0) is 11.8. The first-order valence-electron chi connectivity index (χ1n) is 4.78. The summed E-state index contributed by atoms with van der Waals surface area (Å²) in [7, 11) is 1.32. The lowest BCUT2D eigenvalue weighted by Gasteiger charge is -2.03. The maximum absolute atomic E-state index is 11.2. The fourth-order valence-corrected chi connectivity index (χ4v) is 1.09. The molecule has 0 heterocycles. The van der Waals surface area contributed by atoms with Crippen LogP contribution >= 0.6 is 0 Å². The van der Waals surface area contributed by atoms with Crippen molar-refractivity contribution in [3.8, 4) is 6.07 Å². The number of rotatable bonds is 1. The van der Waals surface area contributed by atoms with E-state index in [1.54, 1.807) is 25.1 Å². The fourth-order valence-electron chi connectivity index (χ4n) is 1.09. The Morgan fingerprint density at radius 1 is 1.40 bits per heavy atom. The van der Waals surface area contributed by atoms with Gasteiger partial charge < -0.3 is 4.74 Å². The lowest BCUT2D eigenvalue weighted by molar-refractivity contribution is 0.0600. The van der Waals surface area contributed by atoms with Gasteiger partial charge in [0.1, 0.15) is 0 Å². The molecule has 0 bridgehead atoms. The molecule has 0 saturated carbocycles. The largest absolute Gasteiger partial charge is 0.465 e. The predicted octanol–water partition coefficient (Wildman–Crippen LogP) is 2.68. The summed E-state index contributed by atoms with van der Waals surface area (Å²) in [5, 5.41) is 8.70. The van der Waals surface area contributed by atoms with Crippen molar-refractivity contribution in [1.29, 1.82) is 5.26 Å². The maximum atomic E-state index is 11.2. The Morgan fingerprint density at radius 2 is 2.00 bits per heavy atom. The Hall–Kier alpha value is -1.82. The molecule has 0 spiro atoms. The number of benzene rings is 1. The minimum absolute atomic E-state index is 0.408. The predicted molar refractivity (Wildman–Crippen MR) is 58.6 cm³/mol. The van der Waals surface area contributed by atoms with Crippen LogP contribution < -0.4 is 0 Å². The average Bonchev–Trinajstić information content (AvgIpc) is 2.31. The van der Waals surface area contributed by atoms with Crippen LogP contribution in [0.5, 0.6) is 0 Å². The smallest absolute Gasteiger partial charge is 0.338 e. The minimum Gasteiger partial charge on any atom is -0.465 e. The van der Waals surface area contributed by atoms with Crippen molar-refractivity contribution in [3.63, 3.8) is 0 Å². The number of carbonyl (C=O) groups is 1. The van der Waals surface area contributed by atoms with Gasteiger partial charge >= 0.3 is 5.97 Å². The van der Waals surface area contributed by atoms with Crippen LogP contribution in [0.4, 0.5) is 0 Å². The molecule has 0 aliphatic rings. The summed E-state index contributed by atoms with van der Waals surface area (Å²) in [6.45, 7) is 5.73. The molecule has 0 fully saturated rings. The maximum Gasteiger partial charge on any atom is 0.338 e. The topological polar surface area (TPSA) is 50.1 Å². The first kappa shape index (κ1) is 13.2. The Balaban J connectivity index is 0.000000921. The molecule has 3 heteroatoms. The third-order valence-electron chi connectivity index (χ3n) is 1.86. The molecule has 0 amide bonds. The van der Waals surface area contributed by atoms with Crippen molar-refractivity contribution in [2.75, 3.05) is 7.11 Å². The van der Waals surface area contributed by atoms with Crippen LogP contribution in [0.25, 0.3) is 0 Å². The highest BCUT2D eigenvalue weighted by Gasteiger charge is 2.10. The third kappa shape index (κ3) is 3.10. The molecule has 0 aliphatic carbocycles. The number of nitrogens with zero attached hydrogens (tertiary/aromatic N) is 1. The molecule has 80 valence electrons. The van der Waals surface area contributed by atoms with Gasteiger partial charge in [-0.2, -0.15) is 5.26 Å². The number of nitriles is 1. The van der Waals surface area contributed by atoms with E-state index in [4.69, 9.17) is 5.26 Å². The zero-order valence-corrected chi connectivity index (χ0v) is 9.50. The molecular formula is C12H15NO2. The summed E-state index contributed by atoms with van der Waals surface area (Å²) in [5.41, 5.74) is 1.61. The summed E-state index contributed by atoms with van der Waals surface area (Å²) in [6, 6.07) is 6.98. The summed E-state index contributed by atoms with van der Waals surface area (Å²) in [6.07, 6.45) is 0. The van der Waals surface area contributed by atoms with Gasteiger partial charge in [0, 0.05) is 0 Å². The van der Waals surface area contributed by atoms with E-state index in [0.717, 1.165) is 0 Å². The first-order valence-corrected chi connectivity index (χ1v) is 4.78. The Bertz CT molecular complexity index is 378. The van der Waals surface area contributed by atoms with E-state index >= 15 is 0 Å². The lowest BCUT2D eigenvalue weighted by Crippen LogP contribution is -2.04. The molecular weight excluding hydrogens is 190 g/mol. The molecule has 0 radical (unpaired) electrons. The van der Waals surface area contributed by atoms with Gasteiger partial charge in [0.2, 0.25) is 0 Å². The summed E-state index contributed by atoms with van der Waals surface area (Å²) in [5.74, 6) is -0.408. The molecule has 1 rings (SSSR count). The summed E-state index contributed by atoms with van der Waals surface area (Å²) in [4.78, 5) is 11.2. The number of ether oxygens (including phenoxy) is 1. The van der Waals surface area contributed by atoms with E-state index < -0.39 is 5.97 Å². The molecule has 0 aliphatic heterocycles. The Morgan fingerprint density at radius 3 is 2.47 bits per heavy atom. The molecule has 1 aromatic rings. The summed E-state index contributed by atoms with van der Waals surface area (Å²) < 4.78 is 4.57. The highest BCUT2D eigenvalue weighted by atomic mass is 16.5. The van der Waals surface area contributed by atoms with Crippen molar-refractivity contribution in [2.24, 2.45) is 0 Å². The van der Waals surface area contributed by atoms with Gasteiger partial charge in [0.15, 0.2) is 0 Å². The summed E-state index contributed by atoms with van der Waals surface area (Å²) >= 11 is 0. The molecule has 3 nitrogen and oxygen atoms in total. The lowest BCUT2D eigenvalue weighted by atomic mass is 10.0. The van der Waals surface area contributed by atoms with Crippen LogP contribution in [0, 0.1) is 18.3 Å². The highest BCUT2D eigenvalue weighted by molar-refractivity contribution is 5.91. The molecule has 1 aromatic carbocycles. The van der Waals surface area contributed by atoms with Crippen LogP contribution in [0.1, 0.15) is 35.3 Å². The van der Waals surface area contributed by atoms with Crippen LogP contribution in [-0.2, 0) is 4.74 Å². The normalized spacial score (nSPS) is 8.20. The Labute approximate surface area is 90.3 Å². The van der Waals surface area contributed by atoms with Gasteiger partial charge in [-0.1, -0.05) is 19.9 Å². The van der Waals surface area contributed by atoms with Crippen LogP contribution in [0.15, 0.2) is 18.2 Å². The molecule has 0 atom stereocenters. The van der Waals surface area contributed by atoms with Crippen LogP contribution in [-0.4, -0.2) is 13.1 Å². The third-order valence-corrected chi connectivity index (χ3v) is 1.86. The van der Waals surface area contributed by atoms with E-state index in [2.05, 4.69) is 4.74 Å². The number of hydrogen-bond donors (Lipinski definition) is 0. The van der Waals surface area contributed by atoms with E-state index in [1.165, 1.54) is 7.11 Å². The number of hydrogen-bond acceptors (Lipinski definition) is 3. The monoisotopic (exact) mass is 205 g/mol. The van der Waals surface area contributed by atoms with Crippen molar-refractivity contribution in [3.05, 3.63) is 34.9 Å². The van der Waals surface area contributed by atoms with E-state index in [1.807, 2.05) is 19.9 Å². The molecule has 0 saturated heterocycles. The van der Waals surface area contributed by atoms with Crippen molar-refractivity contribution in [2.45, 2.75) is 20.8 Å². The van der Waals surface area contributed by atoms with Crippen molar-refractivity contribution < 1.29 is 9.53 Å². The Kier molecular flexibility index (Phi) is 5.81. The van der Waals surface area contributed by atoms with Crippen LogP contribution in [0.3, 0.4) is 0 Å². The number of esters is 1. The minimum atomic E-state index is -0.408. The first-order chi connectivity index (χ1) is 7.20. The second kappa shape index (κ2) is 6.61. The van der Waals surface area contributed by atoms with Crippen molar-refractivity contribution in [1.82, 2.24) is 0 Å². The molecule has 15 heavy (non-hydrogen) atoms. The van der Waals surface area contributed by atoms with E-state index in [-0.39, 0.29) is 0 Å². The fraction of sp³-hybridized carbons (Fsp3) is 0.333. The van der Waals surface area contributed by atoms with Gasteiger partial charge in [-0.3, -0.25) is 0 Å². The van der Waals surface area contributed by atoms with Gasteiger partial charge in [-0.15, -0.1) is 0 Å². The van der Waals surface area contributed by atoms with Crippen molar-refractivity contribution >= 4 is 5.97 Å². The van der Waals surface area contributed by atoms with Gasteiger partial charge in [-0.25, -0.2) is 4.79 Å². The van der Waals surface area contributed by atoms with Gasteiger partial charge in [0.05, 0.1) is 24.3 Å². The van der Waals surface area contributed by atoms with Gasteiger partial charge in [-0.05, 0) is 24.6 Å². The highest BCUT2D eigenvalue weighted by Crippen LogP contribution is 2.13. The second-order valence-electron chi connectivity index (χ2n) is 2.58. The van der Waals surface area contributed by atoms with E-state index in [9.17, 15) is 4.79 Å². The molecule has 0 aromatic heterocycles. The molecule has 0 unspecified atom stereocenters. The quantitative estimate of drug-likeness (QED) is 0.662. The van der Waals surface area contributed by atoms with Gasteiger partial charge in [0.25, 0.3) is 0 Å². The second-order valence-corrected chi connectivity index (χ2v) is 2.58. The van der Waals surface area contributed by atoms with Crippen LogP contribution in [0.2, 0.25) is 0 Å². The molecule has 0 N–H and O–H groups in total. The number of methoxy groups -OCH3 is 1.